The van der Waals surface area contributed by atoms with Gasteiger partial charge in [-0.1, -0.05) is 18.2 Å². The Kier molecular flexibility index (Phi) is 5.20. The van der Waals surface area contributed by atoms with Gasteiger partial charge < -0.3 is 9.80 Å². The number of anilines is 1. The fourth-order valence-corrected chi connectivity index (χ4v) is 3.86. The van der Waals surface area contributed by atoms with Crippen LogP contribution >= 0.6 is 0 Å². The largest absolute Gasteiger partial charge is 0.340 e. The van der Waals surface area contributed by atoms with Crippen molar-refractivity contribution in [1.29, 1.82) is 0 Å². The van der Waals surface area contributed by atoms with Crippen molar-refractivity contribution in [3.63, 3.8) is 0 Å². The molecule has 1 aromatic heterocycles. The molecule has 2 saturated heterocycles. The summed E-state index contributed by atoms with van der Waals surface area (Å²) >= 11 is 0. The van der Waals surface area contributed by atoms with E-state index >= 15 is 0 Å². The molecule has 7 heteroatoms. The Bertz CT molecular complexity index is 769. The smallest absolute Gasteiger partial charge is 0.228 e. The van der Waals surface area contributed by atoms with E-state index in [4.69, 9.17) is 0 Å². The fourth-order valence-electron chi connectivity index (χ4n) is 3.86. The molecule has 3 heterocycles. The summed E-state index contributed by atoms with van der Waals surface area (Å²) in [5, 5.41) is 4.22. The van der Waals surface area contributed by atoms with Crippen LogP contribution in [0.15, 0.2) is 48.8 Å². The van der Waals surface area contributed by atoms with E-state index < -0.39 is 0 Å². The average molecular weight is 367 g/mol. The molecule has 7 nitrogen and oxygen atoms in total. The number of para-hydroxylation sites is 1. The van der Waals surface area contributed by atoms with Crippen molar-refractivity contribution in [2.75, 3.05) is 44.2 Å². The molecule has 2 amide bonds. The first-order valence-corrected chi connectivity index (χ1v) is 9.55. The molecule has 0 N–H and O–H groups in total. The van der Waals surface area contributed by atoms with Gasteiger partial charge in [0.1, 0.15) is 0 Å². The van der Waals surface area contributed by atoms with Gasteiger partial charge >= 0.3 is 0 Å². The SMILES string of the molecule is O=C(C1CC(=O)N(c2ccccc2)C1)N1CCN(CCn2cccn2)CC1. The summed E-state index contributed by atoms with van der Waals surface area (Å²) in [7, 11) is 0. The lowest BCUT2D eigenvalue weighted by Crippen LogP contribution is -2.51. The third-order valence-electron chi connectivity index (χ3n) is 5.43. The van der Waals surface area contributed by atoms with Crippen LogP contribution < -0.4 is 4.90 Å². The number of piperazine rings is 1. The number of rotatable bonds is 5. The fraction of sp³-hybridized carbons (Fsp3) is 0.450. The van der Waals surface area contributed by atoms with Gasteiger partial charge in [0, 0.05) is 63.8 Å². The monoisotopic (exact) mass is 367 g/mol. The molecule has 1 aromatic carbocycles. The van der Waals surface area contributed by atoms with E-state index in [1.54, 1.807) is 11.1 Å². The second kappa shape index (κ2) is 7.92. The highest BCUT2D eigenvalue weighted by Gasteiger charge is 2.37. The second-order valence-corrected chi connectivity index (χ2v) is 7.18. The van der Waals surface area contributed by atoms with E-state index in [1.165, 1.54) is 0 Å². The maximum Gasteiger partial charge on any atom is 0.228 e. The Labute approximate surface area is 159 Å². The van der Waals surface area contributed by atoms with E-state index in [2.05, 4.69) is 10.00 Å². The van der Waals surface area contributed by atoms with E-state index in [9.17, 15) is 9.59 Å². The zero-order valence-corrected chi connectivity index (χ0v) is 15.4. The first-order chi connectivity index (χ1) is 13.2. The van der Waals surface area contributed by atoms with Gasteiger partial charge in [-0.2, -0.15) is 5.10 Å². The molecule has 0 spiro atoms. The van der Waals surface area contributed by atoms with Crippen LogP contribution in [0.1, 0.15) is 6.42 Å². The minimum absolute atomic E-state index is 0.0393. The molecule has 142 valence electrons. The number of carbonyl (C=O) groups excluding carboxylic acids is 2. The lowest BCUT2D eigenvalue weighted by Gasteiger charge is -2.35. The maximum absolute atomic E-state index is 12.9. The summed E-state index contributed by atoms with van der Waals surface area (Å²) in [4.78, 5) is 31.3. The zero-order chi connectivity index (χ0) is 18.6. The Hall–Kier alpha value is -2.67. The summed E-state index contributed by atoms with van der Waals surface area (Å²) < 4.78 is 1.93. The molecule has 27 heavy (non-hydrogen) atoms. The molecule has 2 fully saturated rings. The summed E-state index contributed by atoms with van der Waals surface area (Å²) in [5.74, 6) is -0.0701. The van der Waals surface area contributed by atoms with Crippen LogP contribution in [-0.2, 0) is 16.1 Å². The highest BCUT2D eigenvalue weighted by molar-refractivity contribution is 6.00. The Balaban J connectivity index is 1.27. The number of aromatic nitrogens is 2. The summed E-state index contributed by atoms with van der Waals surface area (Å²) in [6.07, 6.45) is 4.07. The van der Waals surface area contributed by atoms with Crippen LogP contribution in [-0.4, -0.2) is 70.7 Å². The van der Waals surface area contributed by atoms with Gasteiger partial charge in [-0.15, -0.1) is 0 Å². The van der Waals surface area contributed by atoms with Crippen LogP contribution in [0.2, 0.25) is 0 Å². The molecule has 0 bridgehead atoms. The van der Waals surface area contributed by atoms with Crippen molar-refractivity contribution in [2.45, 2.75) is 13.0 Å². The Morgan fingerprint density at radius 2 is 1.81 bits per heavy atom. The van der Waals surface area contributed by atoms with Crippen molar-refractivity contribution in [3.8, 4) is 0 Å². The van der Waals surface area contributed by atoms with Crippen LogP contribution in [0.3, 0.4) is 0 Å². The zero-order valence-electron chi connectivity index (χ0n) is 15.4. The molecule has 4 rings (SSSR count). The molecule has 2 aromatic rings. The quantitative estimate of drug-likeness (QED) is 0.793. The van der Waals surface area contributed by atoms with E-state index in [0.717, 1.165) is 45.0 Å². The molecule has 2 aliphatic rings. The van der Waals surface area contributed by atoms with Gasteiger partial charge in [0.05, 0.1) is 12.5 Å². The van der Waals surface area contributed by atoms with E-state index in [1.807, 2.05) is 52.2 Å². The number of nitrogens with zero attached hydrogens (tertiary/aromatic N) is 5. The van der Waals surface area contributed by atoms with Crippen molar-refractivity contribution in [1.82, 2.24) is 19.6 Å². The standard InChI is InChI=1S/C20H25N5O2/c26-19-15-17(16-25(19)18-5-2-1-3-6-18)20(27)23-12-9-22(10-13-23)11-14-24-8-4-7-21-24/h1-8,17H,9-16H2. The third kappa shape index (κ3) is 4.03. The highest BCUT2D eigenvalue weighted by atomic mass is 16.2. The molecule has 1 atom stereocenters. The highest BCUT2D eigenvalue weighted by Crippen LogP contribution is 2.26. The van der Waals surface area contributed by atoms with Crippen molar-refractivity contribution < 1.29 is 9.59 Å². The maximum atomic E-state index is 12.9. The van der Waals surface area contributed by atoms with Crippen molar-refractivity contribution in [2.24, 2.45) is 5.92 Å². The minimum atomic E-state index is -0.228. The van der Waals surface area contributed by atoms with Gasteiger partial charge in [-0.3, -0.25) is 19.2 Å². The number of hydrogen-bond acceptors (Lipinski definition) is 4. The minimum Gasteiger partial charge on any atom is -0.340 e. The van der Waals surface area contributed by atoms with Gasteiger partial charge in [0.15, 0.2) is 0 Å². The normalized spacial score (nSPS) is 21.0. The van der Waals surface area contributed by atoms with Crippen LogP contribution in [0.5, 0.6) is 0 Å². The Morgan fingerprint density at radius 1 is 1.04 bits per heavy atom. The van der Waals surface area contributed by atoms with Gasteiger partial charge in [-0.05, 0) is 18.2 Å². The number of benzene rings is 1. The topological polar surface area (TPSA) is 61.7 Å². The molecule has 2 aliphatic heterocycles. The summed E-state index contributed by atoms with van der Waals surface area (Å²) in [5.41, 5.74) is 0.876. The predicted octanol–water partition coefficient (Wildman–Crippen LogP) is 1.08. The number of hydrogen-bond donors (Lipinski definition) is 0. The lowest BCUT2D eigenvalue weighted by atomic mass is 10.1. The number of amides is 2. The van der Waals surface area contributed by atoms with Crippen LogP contribution in [0.25, 0.3) is 0 Å². The van der Waals surface area contributed by atoms with Crippen molar-refractivity contribution >= 4 is 17.5 Å². The molecule has 0 saturated carbocycles. The molecular weight excluding hydrogens is 342 g/mol. The van der Waals surface area contributed by atoms with Crippen molar-refractivity contribution in [3.05, 3.63) is 48.8 Å². The van der Waals surface area contributed by atoms with Gasteiger partial charge in [0.2, 0.25) is 11.8 Å². The van der Waals surface area contributed by atoms with Gasteiger partial charge in [0.25, 0.3) is 0 Å². The Morgan fingerprint density at radius 3 is 2.52 bits per heavy atom. The summed E-state index contributed by atoms with van der Waals surface area (Å²) in [6.45, 7) is 5.49. The molecule has 0 radical (unpaired) electrons. The van der Waals surface area contributed by atoms with E-state index in [0.29, 0.717) is 13.0 Å². The summed E-state index contributed by atoms with van der Waals surface area (Å²) in [6, 6.07) is 11.5. The lowest BCUT2D eigenvalue weighted by molar-refractivity contribution is -0.137. The second-order valence-electron chi connectivity index (χ2n) is 7.18. The average Bonchev–Trinajstić information content (AvgIpc) is 3.36. The first-order valence-electron chi connectivity index (χ1n) is 9.55. The number of carbonyl (C=O) groups is 2. The third-order valence-corrected chi connectivity index (χ3v) is 5.43. The van der Waals surface area contributed by atoms with Crippen LogP contribution in [0.4, 0.5) is 5.69 Å². The predicted molar refractivity (Wildman–Crippen MR) is 102 cm³/mol. The molecule has 1 unspecified atom stereocenters. The first kappa shape index (κ1) is 17.7. The van der Waals surface area contributed by atoms with E-state index in [-0.39, 0.29) is 17.7 Å². The molecular formula is C20H25N5O2. The molecule has 0 aliphatic carbocycles. The van der Waals surface area contributed by atoms with Gasteiger partial charge in [-0.25, -0.2) is 0 Å². The van der Waals surface area contributed by atoms with Crippen LogP contribution in [0, 0.1) is 5.92 Å².